The normalized spacial score (nSPS) is 18.7. The Kier molecular flexibility index (Phi) is 4.51. The van der Waals surface area contributed by atoms with Crippen molar-refractivity contribution in [3.63, 3.8) is 0 Å². The first kappa shape index (κ1) is 14.3. The van der Waals surface area contributed by atoms with Gasteiger partial charge in [-0.05, 0) is 12.8 Å². The van der Waals surface area contributed by atoms with Crippen LogP contribution in [0.1, 0.15) is 12.8 Å². The highest BCUT2D eigenvalue weighted by Crippen LogP contribution is 2.09. The first-order valence-electron chi connectivity index (χ1n) is 6.37. The monoisotopic (exact) mass is 282 g/mol. The first-order chi connectivity index (χ1) is 9.58. The fraction of sp³-hybridized carbons (Fsp3) is 0.636. The smallest absolute Gasteiger partial charge is 0.412 e. The van der Waals surface area contributed by atoms with Crippen molar-refractivity contribution in [2.75, 3.05) is 25.5 Å². The molecule has 2 rings (SSSR count). The molecule has 1 saturated heterocycles. The minimum Gasteiger partial charge on any atom is -0.453 e. The molecule has 1 aromatic rings. The molecule has 3 N–H and O–H groups in total. The van der Waals surface area contributed by atoms with Crippen LogP contribution in [0.2, 0.25) is 0 Å². The molecule has 0 bridgehead atoms. The van der Waals surface area contributed by atoms with Gasteiger partial charge in [0.1, 0.15) is 6.54 Å². The maximum absolute atomic E-state index is 12.1. The Morgan fingerprint density at radius 1 is 1.60 bits per heavy atom. The highest BCUT2D eigenvalue weighted by Gasteiger charge is 2.21. The van der Waals surface area contributed by atoms with Gasteiger partial charge < -0.3 is 15.4 Å². The highest BCUT2D eigenvalue weighted by atomic mass is 16.5. The fourth-order valence-corrected chi connectivity index (χ4v) is 2.04. The Balaban J connectivity index is 1.89. The fourth-order valence-electron chi connectivity index (χ4n) is 2.04. The third-order valence-electron chi connectivity index (χ3n) is 3.04. The molecule has 0 aliphatic carbocycles. The van der Waals surface area contributed by atoms with Gasteiger partial charge in [0.15, 0.2) is 5.82 Å². The standard InChI is InChI=1S/C11H18N6O3/c1-20-11(19)14-9-5-13-17(15-9)7-10(18)16-4-2-3-8(12)6-16/h5,8H,2-4,6-7,12H2,1H3,(H,14,15,19). The predicted molar refractivity (Wildman–Crippen MR) is 69.8 cm³/mol. The number of likely N-dealkylation sites (tertiary alicyclic amines) is 1. The van der Waals surface area contributed by atoms with Crippen molar-refractivity contribution in [2.45, 2.75) is 25.4 Å². The molecule has 0 aromatic carbocycles. The summed E-state index contributed by atoms with van der Waals surface area (Å²) in [6.45, 7) is 1.30. The number of aromatic nitrogens is 3. The van der Waals surface area contributed by atoms with E-state index in [0.717, 1.165) is 12.8 Å². The van der Waals surface area contributed by atoms with Crippen LogP contribution in [-0.4, -0.2) is 58.1 Å². The van der Waals surface area contributed by atoms with Gasteiger partial charge in [-0.15, -0.1) is 5.10 Å². The number of amides is 2. The van der Waals surface area contributed by atoms with Crippen molar-refractivity contribution in [3.05, 3.63) is 6.20 Å². The summed E-state index contributed by atoms with van der Waals surface area (Å²) in [5, 5.41) is 10.3. The van der Waals surface area contributed by atoms with Crippen LogP contribution in [0.25, 0.3) is 0 Å². The van der Waals surface area contributed by atoms with E-state index in [0.29, 0.717) is 13.1 Å². The molecule has 0 saturated carbocycles. The summed E-state index contributed by atoms with van der Waals surface area (Å²) in [7, 11) is 1.25. The molecule has 1 fully saturated rings. The lowest BCUT2D eigenvalue weighted by atomic mass is 10.1. The molecule has 1 atom stereocenters. The van der Waals surface area contributed by atoms with E-state index in [9.17, 15) is 9.59 Å². The summed E-state index contributed by atoms with van der Waals surface area (Å²) < 4.78 is 4.44. The molecule has 1 aliphatic heterocycles. The number of ether oxygens (including phenoxy) is 1. The third kappa shape index (κ3) is 3.67. The van der Waals surface area contributed by atoms with Crippen LogP contribution in [0.5, 0.6) is 0 Å². The van der Waals surface area contributed by atoms with Gasteiger partial charge in [-0.25, -0.2) is 4.79 Å². The molecule has 9 nitrogen and oxygen atoms in total. The molecule has 0 radical (unpaired) electrons. The number of nitrogens with one attached hydrogen (secondary N) is 1. The Morgan fingerprint density at radius 2 is 2.40 bits per heavy atom. The average molecular weight is 282 g/mol. The van der Waals surface area contributed by atoms with Crippen molar-refractivity contribution >= 4 is 17.8 Å². The number of nitrogens with zero attached hydrogens (tertiary/aromatic N) is 4. The van der Waals surface area contributed by atoms with Gasteiger partial charge in [-0.1, -0.05) is 0 Å². The van der Waals surface area contributed by atoms with Crippen molar-refractivity contribution < 1.29 is 14.3 Å². The second kappa shape index (κ2) is 6.33. The minimum absolute atomic E-state index is 0.0234. The van der Waals surface area contributed by atoms with Crippen LogP contribution in [0.15, 0.2) is 6.20 Å². The molecule has 110 valence electrons. The summed E-state index contributed by atoms with van der Waals surface area (Å²) >= 11 is 0. The van der Waals surface area contributed by atoms with Crippen molar-refractivity contribution in [2.24, 2.45) is 5.73 Å². The first-order valence-corrected chi connectivity index (χ1v) is 6.37. The zero-order valence-corrected chi connectivity index (χ0v) is 11.3. The van der Waals surface area contributed by atoms with E-state index in [4.69, 9.17) is 5.73 Å². The van der Waals surface area contributed by atoms with Crippen LogP contribution in [0.3, 0.4) is 0 Å². The second-order valence-corrected chi connectivity index (χ2v) is 4.62. The number of rotatable bonds is 3. The van der Waals surface area contributed by atoms with E-state index in [1.807, 2.05) is 0 Å². The average Bonchev–Trinajstić information content (AvgIpc) is 2.85. The lowest BCUT2D eigenvalue weighted by molar-refractivity contribution is -0.133. The van der Waals surface area contributed by atoms with Gasteiger partial charge in [0.25, 0.3) is 0 Å². The Morgan fingerprint density at radius 3 is 3.10 bits per heavy atom. The van der Waals surface area contributed by atoms with Crippen molar-refractivity contribution in [3.8, 4) is 0 Å². The Bertz CT molecular complexity index is 488. The van der Waals surface area contributed by atoms with Gasteiger partial charge in [-0.3, -0.25) is 10.1 Å². The van der Waals surface area contributed by atoms with E-state index in [1.54, 1.807) is 4.90 Å². The largest absolute Gasteiger partial charge is 0.453 e. The molecule has 2 heterocycles. The van der Waals surface area contributed by atoms with E-state index in [2.05, 4.69) is 20.3 Å². The molecule has 0 spiro atoms. The predicted octanol–water partition coefficient (Wildman–Crippen LogP) is -0.594. The third-order valence-corrected chi connectivity index (χ3v) is 3.04. The highest BCUT2D eigenvalue weighted by molar-refractivity contribution is 5.82. The summed E-state index contributed by atoms with van der Waals surface area (Å²) in [5.74, 6) is 0.153. The number of nitrogens with two attached hydrogens (primary N) is 1. The Labute approximate surface area is 116 Å². The zero-order chi connectivity index (χ0) is 14.5. The van der Waals surface area contributed by atoms with Crippen LogP contribution in [-0.2, 0) is 16.1 Å². The van der Waals surface area contributed by atoms with Gasteiger partial charge in [0.05, 0.1) is 13.3 Å². The van der Waals surface area contributed by atoms with Gasteiger partial charge in [0, 0.05) is 19.1 Å². The number of carbonyl (C=O) groups is 2. The van der Waals surface area contributed by atoms with Gasteiger partial charge >= 0.3 is 6.09 Å². The topological polar surface area (TPSA) is 115 Å². The summed E-state index contributed by atoms with van der Waals surface area (Å²) in [6, 6.07) is 0.0369. The minimum atomic E-state index is -0.634. The quantitative estimate of drug-likeness (QED) is 0.765. The summed E-state index contributed by atoms with van der Waals surface area (Å²) in [6.07, 6.45) is 2.57. The zero-order valence-electron chi connectivity index (χ0n) is 11.3. The Hall–Kier alpha value is -2.16. The van der Waals surface area contributed by atoms with E-state index in [1.165, 1.54) is 18.1 Å². The van der Waals surface area contributed by atoms with Crippen molar-refractivity contribution in [1.29, 1.82) is 0 Å². The van der Waals surface area contributed by atoms with E-state index < -0.39 is 6.09 Å². The summed E-state index contributed by atoms with van der Waals surface area (Å²) in [5.41, 5.74) is 5.84. The van der Waals surface area contributed by atoms with Crippen LogP contribution < -0.4 is 11.1 Å². The number of anilines is 1. The molecular weight excluding hydrogens is 264 g/mol. The maximum atomic E-state index is 12.1. The van der Waals surface area contributed by atoms with E-state index >= 15 is 0 Å². The number of carbonyl (C=O) groups excluding carboxylic acids is 2. The lowest BCUT2D eigenvalue weighted by Gasteiger charge is -2.30. The van der Waals surface area contributed by atoms with Gasteiger partial charge in [0.2, 0.25) is 5.91 Å². The molecule has 1 aromatic heterocycles. The van der Waals surface area contributed by atoms with Gasteiger partial charge in [-0.2, -0.15) is 9.90 Å². The number of hydrogen-bond donors (Lipinski definition) is 2. The number of methoxy groups -OCH3 is 1. The molecular formula is C11H18N6O3. The molecule has 1 aliphatic rings. The maximum Gasteiger partial charge on any atom is 0.412 e. The van der Waals surface area contributed by atoms with E-state index in [-0.39, 0.29) is 24.3 Å². The summed E-state index contributed by atoms with van der Waals surface area (Å²) in [4.78, 5) is 26.0. The van der Waals surface area contributed by atoms with Crippen LogP contribution in [0.4, 0.5) is 10.6 Å². The lowest BCUT2D eigenvalue weighted by Crippen LogP contribution is -2.46. The molecule has 2 amide bonds. The number of hydrogen-bond acceptors (Lipinski definition) is 6. The number of piperidine rings is 1. The van der Waals surface area contributed by atoms with Crippen molar-refractivity contribution in [1.82, 2.24) is 19.9 Å². The van der Waals surface area contributed by atoms with Crippen LogP contribution >= 0.6 is 0 Å². The van der Waals surface area contributed by atoms with Crippen LogP contribution in [0, 0.1) is 0 Å². The SMILES string of the molecule is COC(=O)Nc1cnn(CC(=O)N2CCCC(N)C2)n1. The molecule has 9 heteroatoms. The second-order valence-electron chi connectivity index (χ2n) is 4.62. The molecule has 20 heavy (non-hydrogen) atoms. The molecule has 1 unspecified atom stereocenters.